The number of benzene rings is 4. The number of carbonyl (C=O) groups is 3. The lowest BCUT2D eigenvalue weighted by Gasteiger charge is -2.17. The first-order valence-electron chi connectivity index (χ1n) is 18.5. The number of hydrogen-bond donors (Lipinski definition) is 1. The topological polar surface area (TPSA) is 264 Å². The van der Waals surface area contributed by atoms with E-state index in [1.807, 2.05) is 19.9 Å². The van der Waals surface area contributed by atoms with E-state index in [1.165, 1.54) is 46.2 Å². The molecule has 61 heavy (non-hydrogen) atoms. The van der Waals surface area contributed by atoms with Gasteiger partial charge >= 0.3 is 0 Å². The normalized spacial score (nSPS) is 12.5. The number of non-ortho nitro benzene ring substituents is 2. The molecule has 0 radical (unpaired) electrons. The summed E-state index contributed by atoms with van der Waals surface area (Å²) in [6.07, 6.45) is -0.190. The molecule has 2 aliphatic heterocycles. The maximum atomic E-state index is 12.8. The van der Waals surface area contributed by atoms with E-state index < -0.39 is 21.7 Å². The number of hydrogen-bond acceptors (Lipinski definition) is 14. The lowest BCUT2D eigenvalue weighted by atomic mass is 10.1. The minimum absolute atomic E-state index is 0.0511. The van der Waals surface area contributed by atoms with Gasteiger partial charge in [-0.25, -0.2) is 19.9 Å². The zero-order valence-electron chi connectivity index (χ0n) is 32.3. The minimum atomic E-state index is -0.792. The van der Waals surface area contributed by atoms with Crippen LogP contribution in [-0.2, 0) is 22.4 Å². The van der Waals surface area contributed by atoms with Crippen LogP contribution in [0, 0.1) is 31.6 Å². The van der Waals surface area contributed by atoms with Gasteiger partial charge in [-0.05, 0) is 74.5 Å². The first-order valence-corrected chi connectivity index (χ1v) is 18.5. The Morgan fingerprint density at radius 3 is 1.57 bits per heavy atom. The van der Waals surface area contributed by atoms with E-state index in [0.717, 1.165) is 0 Å². The van der Waals surface area contributed by atoms with Crippen LogP contribution >= 0.6 is 0 Å². The summed E-state index contributed by atoms with van der Waals surface area (Å²) in [6, 6.07) is 27.4. The fourth-order valence-corrected chi connectivity index (χ4v) is 6.65. The standard InChI is InChI=1S/C21H17N5O5.C21H15N5O4/c1-2-31-15-8-6-12(7-9-15)20-23-18(19(22)28)16-11-17(27)25(21(16)24-20)13-4-3-5-14(10-13)26(29)30;1-2-30-16-8-6-13(7-9-16)20-23-18(12-22)17-11-19(27)25(21(17)24-20)14-4-3-5-15(10-14)26(28)29/h3-10H,2,11H2,1H3,(H2,22,28);3-10H,2,11H2,1H3. The lowest BCUT2D eigenvalue weighted by Crippen LogP contribution is -2.21. The molecular weight excluding hydrogens is 789 g/mol. The fourth-order valence-electron chi connectivity index (χ4n) is 6.65. The quantitative estimate of drug-likeness (QED) is 0.111. The third-order valence-corrected chi connectivity index (χ3v) is 9.33. The second-order valence-corrected chi connectivity index (χ2v) is 13.2. The summed E-state index contributed by atoms with van der Waals surface area (Å²) in [6.45, 7) is 4.81. The van der Waals surface area contributed by atoms with Crippen molar-refractivity contribution in [3.8, 4) is 40.3 Å². The number of nitriles is 1. The highest BCUT2D eigenvalue weighted by atomic mass is 16.6. The van der Waals surface area contributed by atoms with Crippen LogP contribution in [0.1, 0.15) is 41.2 Å². The molecule has 2 aromatic heterocycles. The highest BCUT2D eigenvalue weighted by Gasteiger charge is 2.36. The molecule has 8 rings (SSSR count). The first kappa shape index (κ1) is 40.5. The van der Waals surface area contributed by atoms with Crippen molar-refractivity contribution in [1.29, 1.82) is 5.26 Å². The largest absolute Gasteiger partial charge is 0.494 e. The fraction of sp³-hybridized carbons (Fsp3) is 0.143. The molecule has 19 nitrogen and oxygen atoms in total. The Kier molecular flexibility index (Phi) is 11.3. The number of aromatic nitrogens is 4. The Hall–Kier alpha value is -8.66. The Labute approximate surface area is 346 Å². The van der Waals surface area contributed by atoms with Gasteiger partial charge in [0.05, 0.1) is 47.3 Å². The molecular formula is C42H32N10O9. The van der Waals surface area contributed by atoms with Crippen molar-refractivity contribution in [2.45, 2.75) is 26.7 Å². The van der Waals surface area contributed by atoms with Gasteiger partial charge in [-0.15, -0.1) is 0 Å². The van der Waals surface area contributed by atoms with E-state index in [2.05, 4.69) is 19.9 Å². The number of fused-ring (bicyclic) bond motifs is 2. The maximum absolute atomic E-state index is 12.8. The van der Waals surface area contributed by atoms with Gasteiger partial charge in [0.2, 0.25) is 11.8 Å². The molecule has 2 N–H and O–H groups in total. The molecule has 0 unspecified atom stereocenters. The van der Waals surface area contributed by atoms with Crippen molar-refractivity contribution in [2.24, 2.45) is 5.73 Å². The summed E-state index contributed by atoms with van der Waals surface area (Å²) < 4.78 is 10.9. The summed E-state index contributed by atoms with van der Waals surface area (Å²) in [5, 5.41) is 31.9. The van der Waals surface area contributed by atoms with Crippen molar-refractivity contribution in [2.75, 3.05) is 23.0 Å². The molecule has 3 amide bonds. The molecule has 2 aliphatic rings. The third-order valence-electron chi connectivity index (χ3n) is 9.33. The van der Waals surface area contributed by atoms with Crippen LogP contribution in [-0.4, -0.2) is 60.7 Å². The number of nitrogens with two attached hydrogens (primary N) is 1. The Bertz CT molecular complexity index is 2790. The SMILES string of the molecule is CCOc1ccc(-c2nc(C#N)c3c(n2)N(c2cccc([N+](=O)[O-])c2)C(=O)C3)cc1.CCOc1ccc(-c2nc(C(N)=O)c3c(n2)N(c2cccc([N+](=O)[O-])c2)C(=O)C3)cc1. The highest BCUT2D eigenvalue weighted by molar-refractivity contribution is 6.10. The zero-order valence-corrected chi connectivity index (χ0v) is 32.3. The van der Waals surface area contributed by atoms with Gasteiger partial charge in [0, 0.05) is 46.5 Å². The van der Waals surface area contributed by atoms with Crippen LogP contribution in [0.4, 0.5) is 34.4 Å². The number of rotatable bonds is 11. The molecule has 0 saturated heterocycles. The predicted molar refractivity (Wildman–Crippen MR) is 218 cm³/mol. The summed E-state index contributed by atoms with van der Waals surface area (Å²) in [5.41, 5.74) is 7.77. The van der Waals surface area contributed by atoms with Gasteiger partial charge in [-0.2, -0.15) is 5.26 Å². The number of nitro benzene ring substituents is 2. The second kappa shape index (κ2) is 17.1. The third kappa shape index (κ3) is 8.22. The Morgan fingerprint density at radius 1 is 0.705 bits per heavy atom. The summed E-state index contributed by atoms with van der Waals surface area (Å²) in [7, 11) is 0. The van der Waals surface area contributed by atoms with Gasteiger partial charge < -0.3 is 15.2 Å². The van der Waals surface area contributed by atoms with Gasteiger partial charge in [-0.3, -0.25) is 44.4 Å². The molecule has 0 fully saturated rings. The predicted octanol–water partition coefficient (Wildman–Crippen LogP) is 6.31. The molecule has 4 aromatic carbocycles. The lowest BCUT2D eigenvalue weighted by molar-refractivity contribution is -0.385. The van der Waals surface area contributed by atoms with Crippen molar-refractivity contribution < 1.29 is 33.7 Å². The number of nitrogens with zero attached hydrogens (tertiary/aromatic N) is 9. The molecule has 0 saturated carbocycles. The van der Waals surface area contributed by atoms with Crippen LogP contribution < -0.4 is 25.0 Å². The monoisotopic (exact) mass is 820 g/mol. The van der Waals surface area contributed by atoms with E-state index in [1.54, 1.807) is 60.7 Å². The summed E-state index contributed by atoms with van der Waals surface area (Å²) in [5.74, 6) is 0.747. The van der Waals surface area contributed by atoms with Crippen LogP contribution in [0.15, 0.2) is 97.1 Å². The first-order chi connectivity index (χ1) is 29.4. The average Bonchev–Trinajstić information content (AvgIpc) is 3.78. The molecule has 304 valence electrons. The Balaban J connectivity index is 0.000000184. The smallest absolute Gasteiger partial charge is 0.271 e. The van der Waals surface area contributed by atoms with Crippen LogP contribution in [0.3, 0.4) is 0 Å². The molecule has 0 spiro atoms. The molecule has 19 heteroatoms. The van der Waals surface area contributed by atoms with Crippen molar-refractivity contribution in [1.82, 2.24) is 19.9 Å². The molecule has 0 atom stereocenters. The van der Waals surface area contributed by atoms with E-state index in [9.17, 15) is 39.9 Å². The van der Waals surface area contributed by atoms with Crippen molar-refractivity contribution in [3.05, 3.63) is 140 Å². The molecule has 6 aromatic rings. The van der Waals surface area contributed by atoms with E-state index in [4.69, 9.17) is 15.2 Å². The summed E-state index contributed by atoms with van der Waals surface area (Å²) in [4.78, 5) is 78.9. The van der Waals surface area contributed by atoms with Crippen molar-refractivity contribution in [3.63, 3.8) is 0 Å². The van der Waals surface area contributed by atoms with E-state index >= 15 is 0 Å². The van der Waals surface area contributed by atoms with Gasteiger partial charge in [0.25, 0.3) is 17.3 Å². The average molecular weight is 821 g/mol. The molecule has 4 heterocycles. The minimum Gasteiger partial charge on any atom is -0.494 e. The Morgan fingerprint density at radius 2 is 1.15 bits per heavy atom. The number of primary amides is 1. The second-order valence-electron chi connectivity index (χ2n) is 13.2. The number of amides is 3. The van der Waals surface area contributed by atoms with Crippen LogP contribution in [0.2, 0.25) is 0 Å². The number of anilines is 4. The maximum Gasteiger partial charge on any atom is 0.271 e. The van der Waals surface area contributed by atoms with Gasteiger partial charge in [0.15, 0.2) is 11.6 Å². The zero-order chi connectivity index (χ0) is 43.4. The van der Waals surface area contributed by atoms with Gasteiger partial charge in [-0.1, -0.05) is 12.1 Å². The van der Waals surface area contributed by atoms with Crippen LogP contribution in [0.25, 0.3) is 22.8 Å². The van der Waals surface area contributed by atoms with Crippen LogP contribution in [0.5, 0.6) is 11.5 Å². The van der Waals surface area contributed by atoms with E-state index in [0.29, 0.717) is 52.7 Å². The number of nitro groups is 2. The molecule has 0 bridgehead atoms. The van der Waals surface area contributed by atoms with Gasteiger partial charge in [0.1, 0.15) is 40.6 Å². The highest BCUT2D eigenvalue weighted by Crippen LogP contribution is 2.39. The summed E-state index contributed by atoms with van der Waals surface area (Å²) >= 11 is 0. The molecule has 0 aliphatic carbocycles. The number of carbonyl (C=O) groups excluding carboxylic acids is 3. The number of ether oxygens (including phenoxy) is 2. The van der Waals surface area contributed by atoms with E-state index in [-0.39, 0.29) is 70.5 Å². The van der Waals surface area contributed by atoms with Crippen molar-refractivity contribution >= 4 is 52.1 Å².